The molecule has 0 saturated heterocycles. The molecule has 0 amide bonds. The summed E-state index contributed by atoms with van der Waals surface area (Å²) in [5.74, 6) is -1.56. The van der Waals surface area contributed by atoms with E-state index in [4.69, 9.17) is 10.4 Å². The molecule has 0 fully saturated rings. The van der Waals surface area contributed by atoms with Crippen LogP contribution < -0.4 is 4.72 Å². The van der Waals surface area contributed by atoms with Crippen LogP contribution in [0.25, 0.3) is 0 Å². The van der Waals surface area contributed by atoms with Crippen LogP contribution in [0.4, 0.5) is 0 Å². The van der Waals surface area contributed by atoms with Gasteiger partial charge in [0.1, 0.15) is 6.04 Å². The molecule has 96 valence electrons. The van der Waals surface area contributed by atoms with Crippen LogP contribution in [0.1, 0.15) is 18.1 Å². The maximum Gasteiger partial charge on any atom is 0.321 e. The standard InChI is InChI=1S/C11H12N2O4S/c1-8(11(14)15)13-18(16,17)7-10-4-2-9(6-12)3-5-10/h2-5,8,13H,7H2,1H3,(H,14,15)/t8-/m1/s1. The van der Waals surface area contributed by atoms with Gasteiger partial charge in [0.15, 0.2) is 0 Å². The Morgan fingerprint density at radius 3 is 2.44 bits per heavy atom. The zero-order valence-corrected chi connectivity index (χ0v) is 10.4. The van der Waals surface area contributed by atoms with Crippen LogP contribution >= 0.6 is 0 Å². The Balaban J connectivity index is 2.76. The topological polar surface area (TPSA) is 107 Å². The van der Waals surface area contributed by atoms with E-state index in [1.54, 1.807) is 0 Å². The Morgan fingerprint density at radius 1 is 1.44 bits per heavy atom. The van der Waals surface area contributed by atoms with E-state index in [0.717, 1.165) is 0 Å². The maximum absolute atomic E-state index is 11.6. The van der Waals surface area contributed by atoms with E-state index in [-0.39, 0.29) is 5.75 Å². The van der Waals surface area contributed by atoms with Crippen molar-refractivity contribution in [1.82, 2.24) is 4.72 Å². The van der Waals surface area contributed by atoms with Gasteiger partial charge in [0.05, 0.1) is 17.4 Å². The highest BCUT2D eigenvalue weighted by molar-refractivity contribution is 7.88. The van der Waals surface area contributed by atoms with Gasteiger partial charge in [-0.2, -0.15) is 5.26 Å². The van der Waals surface area contributed by atoms with E-state index in [0.29, 0.717) is 11.1 Å². The number of aliphatic carboxylic acids is 1. The van der Waals surface area contributed by atoms with Gasteiger partial charge in [0.25, 0.3) is 0 Å². The van der Waals surface area contributed by atoms with Crippen molar-refractivity contribution in [1.29, 1.82) is 5.26 Å². The predicted octanol–water partition coefficient (Wildman–Crippen LogP) is 0.451. The van der Waals surface area contributed by atoms with Crippen molar-refractivity contribution >= 4 is 16.0 Å². The molecule has 1 atom stereocenters. The number of sulfonamides is 1. The zero-order chi connectivity index (χ0) is 13.8. The second-order valence-electron chi connectivity index (χ2n) is 3.75. The summed E-state index contributed by atoms with van der Waals surface area (Å²) >= 11 is 0. The molecule has 1 aromatic carbocycles. The minimum absolute atomic E-state index is 0.323. The van der Waals surface area contributed by atoms with Gasteiger partial charge in [-0.1, -0.05) is 12.1 Å². The van der Waals surface area contributed by atoms with Gasteiger partial charge in [-0.05, 0) is 24.6 Å². The quantitative estimate of drug-likeness (QED) is 0.806. The molecule has 0 spiro atoms. The highest BCUT2D eigenvalue weighted by atomic mass is 32.2. The lowest BCUT2D eigenvalue weighted by Crippen LogP contribution is -2.38. The smallest absolute Gasteiger partial charge is 0.321 e. The first-order valence-electron chi connectivity index (χ1n) is 5.06. The van der Waals surface area contributed by atoms with Crippen molar-refractivity contribution in [3.8, 4) is 6.07 Å². The number of nitrogens with one attached hydrogen (secondary N) is 1. The molecule has 1 rings (SSSR count). The molecular weight excluding hydrogens is 256 g/mol. The zero-order valence-electron chi connectivity index (χ0n) is 9.62. The van der Waals surface area contributed by atoms with E-state index < -0.39 is 22.0 Å². The van der Waals surface area contributed by atoms with E-state index >= 15 is 0 Å². The van der Waals surface area contributed by atoms with Crippen LogP contribution in [0.3, 0.4) is 0 Å². The summed E-state index contributed by atoms with van der Waals surface area (Å²) in [7, 11) is -3.71. The Hall–Kier alpha value is -1.91. The third-order valence-electron chi connectivity index (χ3n) is 2.17. The first kappa shape index (κ1) is 14.2. The molecule has 0 saturated carbocycles. The minimum Gasteiger partial charge on any atom is -0.480 e. The third kappa shape index (κ3) is 4.16. The molecular formula is C11H12N2O4S. The first-order valence-corrected chi connectivity index (χ1v) is 6.71. The molecule has 7 heteroatoms. The molecule has 1 aromatic rings. The number of nitrogens with zero attached hydrogens (tertiary/aromatic N) is 1. The summed E-state index contributed by atoms with van der Waals surface area (Å²) in [4.78, 5) is 10.5. The molecule has 0 aliphatic rings. The Bertz CT molecular complexity index is 572. The number of nitriles is 1. The van der Waals surface area contributed by atoms with E-state index in [1.807, 2.05) is 10.8 Å². The van der Waals surface area contributed by atoms with Gasteiger partial charge in [-0.3, -0.25) is 4.79 Å². The summed E-state index contributed by atoms with van der Waals surface area (Å²) in [5, 5.41) is 17.2. The predicted molar refractivity (Wildman–Crippen MR) is 64.0 cm³/mol. The second-order valence-corrected chi connectivity index (χ2v) is 5.50. The number of hydrogen-bond donors (Lipinski definition) is 2. The van der Waals surface area contributed by atoms with Gasteiger partial charge < -0.3 is 5.11 Å². The van der Waals surface area contributed by atoms with Crippen molar-refractivity contribution in [2.75, 3.05) is 0 Å². The highest BCUT2D eigenvalue weighted by Crippen LogP contribution is 2.07. The largest absolute Gasteiger partial charge is 0.480 e. The highest BCUT2D eigenvalue weighted by Gasteiger charge is 2.19. The number of rotatable bonds is 5. The van der Waals surface area contributed by atoms with E-state index in [2.05, 4.69) is 0 Å². The van der Waals surface area contributed by atoms with Gasteiger partial charge in [0, 0.05) is 0 Å². The van der Waals surface area contributed by atoms with Gasteiger partial charge in [-0.15, -0.1) is 0 Å². The Morgan fingerprint density at radius 2 is 2.00 bits per heavy atom. The van der Waals surface area contributed by atoms with Crippen LogP contribution in [0.15, 0.2) is 24.3 Å². The molecule has 2 N–H and O–H groups in total. The number of carboxylic acid groups (broad SMARTS) is 1. The summed E-state index contributed by atoms with van der Waals surface area (Å²) < 4.78 is 25.3. The van der Waals surface area contributed by atoms with Crippen LogP contribution in [0.5, 0.6) is 0 Å². The summed E-state index contributed by atoms with van der Waals surface area (Å²) in [6, 6.07) is 6.79. The van der Waals surface area contributed by atoms with Gasteiger partial charge >= 0.3 is 5.97 Å². The Kier molecular flexibility index (Phi) is 4.42. The lowest BCUT2D eigenvalue weighted by atomic mass is 10.2. The lowest BCUT2D eigenvalue weighted by molar-refractivity contribution is -0.138. The summed E-state index contributed by atoms with van der Waals surface area (Å²) in [6.07, 6.45) is 0. The van der Waals surface area contributed by atoms with Crippen molar-refractivity contribution in [3.63, 3.8) is 0 Å². The molecule has 0 unspecified atom stereocenters. The number of hydrogen-bond acceptors (Lipinski definition) is 4. The molecule has 0 aliphatic carbocycles. The van der Waals surface area contributed by atoms with Crippen molar-refractivity contribution in [2.45, 2.75) is 18.7 Å². The van der Waals surface area contributed by atoms with E-state index in [9.17, 15) is 13.2 Å². The Labute approximate surface area is 105 Å². The number of benzene rings is 1. The summed E-state index contributed by atoms with van der Waals surface area (Å²) in [5.41, 5.74) is 0.919. The van der Waals surface area contributed by atoms with Gasteiger partial charge in [-0.25, -0.2) is 13.1 Å². The lowest BCUT2D eigenvalue weighted by Gasteiger charge is -2.10. The number of carbonyl (C=O) groups is 1. The van der Waals surface area contributed by atoms with Gasteiger partial charge in [0.2, 0.25) is 10.0 Å². The second kappa shape index (κ2) is 5.62. The minimum atomic E-state index is -3.71. The molecule has 0 bridgehead atoms. The maximum atomic E-state index is 11.6. The fourth-order valence-corrected chi connectivity index (χ4v) is 2.61. The first-order chi connectivity index (χ1) is 8.34. The van der Waals surface area contributed by atoms with Crippen molar-refractivity contribution < 1.29 is 18.3 Å². The molecule has 6 nitrogen and oxygen atoms in total. The summed E-state index contributed by atoms with van der Waals surface area (Å²) in [6.45, 7) is 1.25. The monoisotopic (exact) mass is 268 g/mol. The van der Waals surface area contributed by atoms with E-state index in [1.165, 1.54) is 31.2 Å². The fraction of sp³-hybridized carbons (Fsp3) is 0.273. The van der Waals surface area contributed by atoms with Crippen LogP contribution in [-0.4, -0.2) is 25.5 Å². The van der Waals surface area contributed by atoms with Crippen molar-refractivity contribution in [2.24, 2.45) is 0 Å². The number of carboxylic acids is 1. The molecule has 0 radical (unpaired) electrons. The average molecular weight is 268 g/mol. The molecule has 0 aliphatic heterocycles. The van der Waals surface area contributed by atoms with Crippen LogP contribution in [0, 0.1) is 11.3 Å². The van der Waals surface area contributed by atoms with Crippen molar-refractivity contribution in [3.05, 3.63) is 35.4 Å². The normalized spacial score (nSPS) is 12.7. The molecule has 0 heterocycles. The third-order valence-corrected chi connectivity index (χ3v) is 3.59. The average Bonchev–Trinajstić information content (AvgIpc) is 2.28. The fourth-order valence-electron chi connectivity index (χ4n) is 1.26. The molecule has 0 aromatic heterocycles. The molecule has 18 heavy (non-hydrogen) atoms. The van der Waals surface area contributed by atoms with Crippen LogP contribution in [-0.2, 0) is 20.6 Å². The van der Waals surface area contributed by atoms with Crippen LogP contribution in [0.2, 0.25) is 0 Å². The SMILES string of the molecule is C[C@@H](NS(=O)(=O)Cc1ccc(C#N)cc1)C(=O)O.